The van der Waals surface area contributed by atoms with Gasteiger partial charge in [0.1, 0.15) is 6.10 Å². The first-order valence-corrected chi connectivity index (χ1v) is 10.0. The molecule has 1 aliphatic rings. The Labute approximate surface area is 138 Å². The van der Waals surface area contributed by atoms with Gasteiger partial charge < -0.3 is 4.74 Å². The molecule has 0 saturated carbocycles. The predicted molar refractivity (Wildman–Crippen MR) is 94.0 cm³/mol. The van der Waals surface area contributed by atoms with Gasteiger partial charge in [0.25, 0.3) is 0 Å². The number of cyclic esters (lactones) is 1. The number of hydrogen-bond acceptors (Lipinski definition) is 2. The lowest BCUT2D eigenvalue weighted by Crippen LogP contribution is -2.18. The van der Waals surface area contributed by atoms with Gasteiger partial charge in [-0.3, -0.25) is 4.79 Å². The maximum Gasteiger partial charge on any atom is 0.306 e. The van der Waals surface area contributed by atoms with Crippen molar-refractivity contribution in [2.24, 2.45) is 0 Å². The molecule has 22 heavy (non-hydrogen) atoms. The minimum absolute atomic E-state index is 0.0496. The molecular formula is C20H38O2. The van der Waals surface area contributed by atoms with Crippen molar-refractivity contribution >= 4 is 5.97 Å². The van der Waals surface area contributed by atoms with Crippen molar-refractivity contribution in [2.45, 2.75) is 122 Å². The molecule has 130 valence electrons. The van der Waals surface area contributed by atoms with E-state index in [1.54, 1.807) is 0 Å². The third-order valence-corrected chi connectivity index (χ3v) is 4.83. The second kappa shape index (κ2) is 14.1. The minimum Gasteiger partial charge on any atom is -0.462 e. The van der Waals surface area contributed by atoms with Crippen LogP contribution in [0.3, 0.4) is 0 Å². The van der Waals surface area contributed by atoms with Gasteiger partial charge in [0.15, 0.2) is 0 Å². The molecule has 1 heterocycles. The monoisotopic (exact) mass is 310 g/mol. The van der Waals surface area contributed by atoms with E-state index in [1.165, 1.54) is 83.5 Å². The van der Waals surface area contributed by atoms with E-state index in [2.05, 4.69) is 6.92 Å². The van der Waals surface area contributed by atoms with Gasteiger partial charge in [0.05, 0.1) is 0 Å². The molecule has 0 aliphatic carbocycles. The lowest BCUT2D eigenvalue weighted by molar-refractivity contribution is -0.150. The normalized spacial score (nSPS) is 21.7. The maximum atomic E-state index is 11.9. The molecule has 0 aromatic heterocycles. The summed E-state index contributed by atoms with van der Waals surface area (Å²) in [4.78, 5) is 11.9. The fourth-order valence-electron chi connectivity index (χ4n) is 3.36. The smallest absolute Gasteiger partial charge is 0.306 e. The van der Waals surface area contributed by atoms with Gasteiger partial charge in [-0.1, -0.05) is 77.6 Å². The molecule has 0 bridgehead atoms. The number of hydrogen-bond donors (Lipinski definition) is 0. The van der Waals surface area contributed by atoms with Gasteiger partial charge in [-0.2, -0.15) is 0 Å². The second-order valence-electron chi connectivity index (χ2n) is 7.04. The SMILES string of the molecule is CCCCCCCCCC1CCCCCCCCCC(=O)O1. The zero-order chi connectivity index (χ0) is 15.9. The predicted octanol–water partition coefficient (Wildman–Crippen LogP) is 6.56. The Hall–Kier alpha value is -0.530. The van der Waals surface area contributed by atoms with E-state index in [4.69, 9.17) is 4.74 Å². The zero-order valence-corrected chi connectivity index (χ0v) is 14.9. The van der Waals surface area contributed by atoms with Crippen molar-refractivity contribution in [2.75, 3.05) is 0 Å². The van der Waals surface area contributed by atoms with E-state index < -0.39 is 0 Å². The molecule has 1 saturated heterocycles. The lowest BCUT2D eigenvalue weighted by atomic mass is 10.0. The molecule has 1 unspecified atom stereocenters. The number of ether oxygens (including phenoxy) is 1. The van der Waals surface area contributed by atoms with Crippen molar-refractivity contribution in [1.82, 2.24) is 0 Å². The summed E-state index contributed by atoms with van der Waals surface area (Å²) in [6, 6.07) is 0. The van der Waals surface area contributed by atoms with Gasteiger partial charge in [-0.15, -0.1) is 0 Å². The van der Waals surface area contributed by atoms with Gasteiger partial charge in [-0.05, 0) is 32.1 Å². The first-order valence-electron chi connectivity index (χ1n) is 10.0. The zero-order valence-electron chi connectivity index (χ0n) is 14.9. The van der Waals surface area contributed by atoms with E-state index >= 15 is 0 Å². The van der Waals surface area contributed by atoms with Crippen LogP contribution in [-0.4, -0.2) is 12.1 Å². The van der Waals surface area contributed by atoms with E-state index in [0.29, 0.717) is 6.42 Å². The molecule has 1 fully saturated rings. The molecule has 2 heteroatoms. The number of carbonyl (C=O) groups is 1. The Morgan fingerprint density at radius 3 is 2.14 bits per heavy atom. The molecule has 1 rings (SSSR count). The van der Waals surface area contributed by atoms with Crippen molar-refractivity contribution in [3.63, 3.8) is 0 Å². The highest BCUT2D eigenvalue weighted by Crippen LogP contribution is 2.19. The van der Waals surface area contributed by atoms with Gasteiger partial charge in [0, 0.05) is 6.42 Å². The Morgan fingerprint density at radius 1 is 0.818 bits per heavy atom. The molecule has 1 atom stereocenters. The van der Waals surface area contributed by atoms with Crippen LogP contribution in [0.5, 0.6) is 0 Å². The summed E-state index contributed by atoms with van der Waals surface area (Å²) in [5.74, 6) is 0.0496. The van der Waals surface area contributed by atoms with Crippen molar-refractivity contribution in [3.8, 4) is 0 Å². The van der Waals surface area contributed by atoms with E-state index in [1.807, 2.05) is 0 Å². The van der Waals surface area contributed by atoms with Crippen molar-refractivity contribution in [1.29, 1.82) is 0 Å². The van der Waals surface area contributed by atoms with Crippen LogP contribution in [0.15, 0.2) is 0 Å². The lowest BCUT2D eigenvalue weighted by Gasteiger charge is -2.19. The summed E-state index contributed by atoms with van der Waals surface area (Å²) in [5, 5.41) is 0. The van der Waals surface area contributed by atoms with Crippen molar-refractivity contribution < 1.29 is 9.53 Å². The number of carbonyl (C=O) groups excluding carboxylic acids is 1. The molecule has 0 amide bonds. The first kappa shape index (κ1) is 19.5. The summed E-state index contributed by atoms with van der Waals surface area (Å²) < 4.78 is 5.73. The molecule has 1 aliphatic heterocycles. The number of rotatable bonds is 8. The highest BCUT2D eigenvalue weighted by molar-refractivity contribution is 5.69. The topological polar surface area (TPSA) is 26.3 Å². The first-order chi connectivity index (χ1) is 10.8. The molecule has 0 aromatic rings. The highest BCUT2D eigenvalue weighted by atomic mass is 16.5. The Kier molecular flexibility index (Phi) is 12.5. The third-order valence-electron chi connectivity index (χ3n) is 4.83. The average Bonchev–Trinajstić information content (AvgIpc) is 2.50. The van der Waals surface area contributed by atoms with E-state index in [0.717, 1.165) is 19.3 Å². The molecule has 0 N–H and O–H groups in total. The number of unbranched alkanes of at least 4 members (excludes halogenated alkanes) is 6. The van der Waals surface area contributed by atoms with Crippen LogP contribution in [0.25, 0.3) is 0 Å². The molecule has 2 nitrogen and oxygen atoms in total. The van der Waals surface area contributed by atoms with Crippen LogP contribution in [0, 0.1) is 0 Å². The van der Waals surface area contributed by atoms with Crippen LogP contribution in [0.1, 0.15) is 116 Å². The van der Waals surface area contributed by atoms with Crippen molar-refractivity contribution in [3.05, 3.63) is 0 Å². The third kappa shape index (κ3) is 11.1. The van der Waals surface area contributed by atoms with E-state index in [-0.39, 0.29) is 12.1 Å². The fraction of sp³-hybridized carbons (Fsp3) is 0.950. The molecule has 0 radical (unpaired) electrons. The molecule has 0 spiro atoms. The van der Waals surface area contributed by atoms with Crippen LogP contribution in [0.4, 0.5) is 0 Å². The van der Waals surface area contributed by atoms with Crippen LogP contribution < -0.4 is 0 Å². The second-order valence-corrected chi connectivity index (χ2v) is 7.04. The molecular weight excluding hydrogens is 272 g/mol. The summed E-state index contributed by atoms with van der Waals surface area (Å²) in [7, 11) is 0. The maximum absolute atomic E-state index is 11.9. The summed E-state index contributed by atoms with van der Waals surface area (Å²) in [6.07, 6.45) is 21.1. The Morgan fingerprint density at radius 2 is 1.41 bits per heavy atom. The summed E-state index contributed by atoms with van der Waals surface area (Å²) in [5.41, 5.74) is 0. The summed E-state index contributed by atoms with van der Waals surface area (Å²) in [6.45, 7) is 2.26. The molecule has 0 aromatic carbocycles. The van der Waals surface area contributed by atoms with Crippen LogP contribution in [0.2, 0.25) is 0 Å². The largest absolute Gasteiger partial charge is 0.462 e. The fourth-order valence-corrected chi connectivity index (χ4v) is 3.36. The van der Waals surface area contributed by atoms with Crippen LogP contribution >= 0.6 is 0 Å². The minimum atomic E-state index is 0.0496. The standard InChI is InChI=1S/C20H38O2/c1-2-3-4-5-7-10-13-16-19-17-14-11-8-6-9-12-15-18-20(21)22-19/h19H,2-18H2,1H3. The number of esters is 1. The van der Waals surface area contributed by atoms with Gasteiger partial charge in [-0.25, -0.2) is 0 Å². The van der Waals surface area contributed by atoms with Gasteiger partial charge in [0.2, 0.25) is 0 Å². The summed E-state index contributed by atoms with van der Waals surface area (Å²) >= 11 is 0. The van der Waals surface area contributed by atoms with E-state index in [9.17, 15) is 4.79 Å². The van der Waals surface area contributed by atoms with Crippen LogP contribution in [-0.2, 0) is 9.53 Å². The average molecular weight is 311 g/mol. The Bertz CT molecular complexity index is 262. The quantitative estimate of drug-likeness (QED) is 0.374. The van der Waals surface area contributed by atoms with Gasteiger partial charge >= 0.3 is 5.97 Å². The highest BCUT2D eigenvalue weighted by Gasteiger charge is 2.14. The Balaban J connectivity index is 2.17.